The lowest BCUT2D eigenvalue weighted by molar-refractivity contribution is -0.117. The molecule has 1 atom stereocenters. The van der Waals surface area contributed by atoms with Gasteiger partial charge in [-0.25, -0.2) is 9.79 Å². The van der Waals surface area contributed by atoms with Crippen LogP contribution in [0.1, 0.15) is 62.6 Å². The second-order valence-corrected chi connectivity index (χ2v) is 10.0. The van der Waals surface area contributed by atoms with Gasteiger partial charge in [-0.15, -0.1) is 0 Å². The van der Waals surface area contributed by atoms with Crippen molar-refractivity contribution in [3.63, 3.8) is 0 Å². The Morgan fingerprint density at radius 1 is 0.952 bits per heavy atom. The van der Waals surface area contributed by atoms with Gasteiger partial charge in [0.25, 0.3) is 5.91 Å². The molecule has 0 spiro atoms. The molecule has 0 aromatic heterocycles. The topological polar surface area (TPSA) is 92.3 Å². The van der Waals surface area contributed by atoms with Crippen molar-refractivity contribution in [1.29, 1.82) is 0 Å². The average molecular weight is 573 g/mol. The Morgan fingerprint density at radius 3 is 2.26 bits per heavy atom. The highest BCUT2D eigenvalue weighted by Gasteiger charge is 2.30. The summed E-state index contributed by atoms with van der Waals surface area (Å²) in [7, 11) is 3.69. The number of nitrogens with zero attached hydrogens (tertiary/aromatic N) is 2. The van der Waals surface area contributed by atoms with E-state index in [1.165, 1.54) is 24.8 Å². The Labute approximate surface area is 250 Å². The van der Waals surface area contributed by atoms with Gasteiger partial charge >= 0.3 is 6.09 Å². The highest BCUT2D eigenvalue weighted by molar-refractivity contribution is 6.11. The van der Waals surface area contributed by atoms with Crippen molar-refractivity contribution < 1.29 is 19.1 Å². The molecule has 1 fully saturated rings. The molecule has 0 bridgehead atoms. The average Bonchev–Trinajstić information content (AvgIpc) is 3.18. The van der Waals surface area contributed by atoms with Crippen LogP contribution in [0, 0.1) is 6.92 Å². The summed E-state index contributed by atoms with van der Waals surface area (Å²) in [5.74, 6) is 1.23. The van der Waals surface area contributed by atoms with Crippen molar-refractivity contribution in [2.75, 3.05) is 19.5 Å². The molecule has 0 saturated heterocycles. The number of nitrogens with one attached hydrogen (secondary N) is 2. The monoisotopic (exact) mass is 572 g/mol. The van der Waals surface area contributed by atoms with Crippen LogP contribution in [0.3, 0.4) is 0 Å². The van der Waals surface area contributed by atoms with Gasteiger partial charge in [-0.3, -0.25) is 10.1 Å². The number of benzene rings is 3. The summed E-state index contributed by atoms with van der Waals surface area (Å²) >= 11 is 0. The summed E-state index contributed by atoms with van der Waals surface area (Å²) in [6, 6.07) is 25.3. The molecule has 2 N–H and O–H groups in total. The summed E-state index contributed by atoms with van der Waals surface area (Å²) in [5.41, 5.74) is 3.68. The normalized spacial score (nSPS) is 16.0. The van der Waals surface area contributed by atoms with Crippen LogP contribution < -0.4 is 15.4 Å². The first kappa shape index (κ1) is 32.2. The molecule has 42 heavy (non-hydrogen) atoms. The van der Waals surface area contributed by atoms with E-state index in [0.29, 0.717) is 17.6 Å². The molecule has 224 valence electrons. The number of hydrogen-bond acceptors (Lipinski definition) is 6. The number of hydrogen-bond donors (Lipinski definition) is 2. The third-order valence-corrected chi connectivity index (χ3v) is 7.11. The lowest BCUT2D eigenvalue weighted by atomic mass is 9.94. The standard InChI is InChI=1S/C24H28N4O3.C8H10O.C2H6/c1-28(18-12-6-3-7-13-18)22-19-14-8-9-15-20(19)25-23(29)21(26-22)27-24(30)31-16-17-10-4-2-5-11-17;1-7-3-5-8(9-2)6-4-7;1-2/h2,4-5,8-11,14-15,18,21H,3,6-7,12-13,16H2,1H3,(H,25,29)(H,27,30);3-6H,1-2H3;1-2H3. The van der Waals surface area contributed by atoms with E-state index < -0.39 is 18.2 Å². The van der Waals surface area contributed by atoms with Crippen molar-refractivity contribution in [2.45, 2.75) is 71.7 Å². The number of aliphatic imine (C=N–C) groups is 1. The molecule has 0 radical (unpaired) electrons. The SMILES string of the molecule is CC.CN(C1=NC(NC(=O)OCc2ccccc2)C(=O)Nc2ccccc21)C1CCCCC1.COc1ccc(C)cc1. The van der Waals surface area contributed by atoms with Crippen LogP contribution in [0.15, 0.2) is 83.9 Å². The number of para-hydroxylation sites is 1. The fourth-order valence-electron chi connectivity index (χ4n) is 4.81. The minimum absolute atomic E-state index is 0.125. The maximum Gasteiger partial charge on any atom is 0.409 e. The van der Waals surface area contributed by atoms with Crippen molar-refractivity contribution >= 4 is 23.5 Å². The first-order valence-corrected chi connectivity index (χ1v) is 14.7. The number of rotatable bonds is 5. The third kappa shape index (κ3) is 9.36. The Bertz CT molecular complexity index is 1290. The van der Waals surface area contributed by atoms with E-state index in [0.717, 1.165) is 29.7 Å². The minimum atomic E-state index is -1.07. The minimum Gasteiger partial charge on any atom is -0.497 e. The number of amidine groups is 1. The van der Waals surface area contributed by atoms with Crippen LogP contribution in [0.4, 0.5) is 10.5 Å². The van der Waals surface area contributed by atoms with E-state index in [1.807, 2.05) is 99.8 Å². The van der Waals surface area contributed by atoms with Crippen LogP contribution in [0.2, 0.25) is 0 Å². The lowest BCUT2D eigenvalue weighted by Crippen LogP contribution is -2.44. The summed E-state index contributed by atoms with van der Waals surface area (Å²) in [5, 5.41) is 5.50. The largest absolute Gasteiger partial charge is 0.497 e. The van der Waals surface area contributed by atoms with Crippen LogP contribution >= 0.6 is 0 Å². The summed E-state index contributed by atoms with van der Waals surface area (Å²) < 4.78 is 10.3. The van der Waals surface area contributed by atoms with E-state index in [1.54, 1.807) is 7.11 Å². The fraction of sp³-hybridized carbons (Fsp3) is 0.382. The number of carbonyl (C=O) groups excluding carboxylic acids is 2. The van der Waals surface area contributed by atoms with Gasteiger partial charge in [-0.1, -0.05) is 93.3 Å². The molecule has 2 amide bonds. The van der Waals surface area contributed by atoms with Gasteiger partial charge in [0.1, 0.15) is 18.2 Å². The van der Waals surface area contributed by atoms with E-state index in [2.05, 4.69) is 27.4 Å². The number of fused-ring (bicyclic) bond motifs is 1. The smallest absolute Gasteiger partial charge is 0.409 e. The van der Waals surface area contributed by atoms with Crippen LogP contribution in [0.25, 0.3) is 0 Å². The van der Waals surface area contributed by atoms with Gasteiger partial charge in [0, 0.05) is 18.7 Å². The number of alkyl carbamates (subject to hydrolysis) is 1. The fourth-order valence-corrected chi connectivity index (χ4v) is 4.81. The van der Waals surface area contributed by atoms with Crippen molar-refractivity contribution in [3.8, 4) is 5.75 Å². The van der Waals surface area contributed by atoms with Gasteiger partial charge < -0.3 is 19.7 Å². The maximum atomic E-state index is 12.8. The van der Waals surface area contributed by atoms with Gasteiger partial charge in [-0.05, 0) is 49.6 Å². The number of amides is 2. The van der Waals surface area contributed by atoms with Gasteiger partial charge in [0.15, 0.2) is 0 Å². The molecule has 8 nitrogen and oxygen atoms in total. The number of carbonyl (C=O) groups is 2. The third-order valence-electron chi connectivity index (χ3n) is 7.11. The number of aryl methyl sites for hydroxylation is 1. The Balaban J connectivity index is 0.000000373. The zero-order valence-corrected chi connectivity index (χ0v) is 25.4. The zero-order valence-electron chi connectivity index (χ0n) is 25.4. The summed E-state index contributed by atoms with van der Waals surface area (Å²) in [6.07, 6.45) is 4.07. The number of anilines is 1. The molecule has 1 heterocycles. The highest BCUT2D eigenvalue weighted by atomic mass is 16.5. The molecule has 1 aliphatic carbocycles. The molecule has 1 aliphatic heterocycles. The van der Waals surface area contributed by atoms with Crippen LogP contribution in [0.5, 0.6) is 5.75 Å². The molecular weight excluding hydrogens is 528 g/mol. The zero-order chi connectivity index (χ0) is 30.3. The van der Waals surface area contributed by atoms with Crippen LogP contribution in [-0.2, 0) is 16.1 Å². The van der Waals surface area contributed by atoms with Crippen molar-refractivity contribution in [3.05, 3.63) is 95.6 Å². The molecule has 1 unspecified atom stereocenters. The first-order chi connectivity index (χ1) is 20.4. The Hall–Kier alpha value is -4.33. The van der Waals surface area contributed by atoms with Crippen molar-refractivity contribution in [1.82, 2.24) is 10.2 Å². The van der Waals surface area contributed by atoms with E-state index >= 15 is 0 Å². The Kier molecular flexibility index (Phi) is 12.9. The number of benzodiazepines with no additional fused rings is 1. The predicted molar refractivity (Wildman–Crippen MR) is 169 cm³/mol. The maximum absolute atomic E-state index is 12.8. The second-order valence-electron chi connectivity index (χ2n) is 10.0. The predicted octanol–water partition coefficient (Wildman–Crippen LogP) is 6.93. The molecular formula is C34H44N4O4. The molecule has 2 aliphatic rings. The molecule has 8 heteroatoms. The molecule has 5 rings (SSSR count). The van der Waals surface area contributed by atoms with Gasteiger partial charge in [-0.2, -0.15) is 0 Å². The molecule has 3 aromatic carbocycles. The quantitative estimate of drug-likeness (QED) is 0.346. The van der Waals surface area contributed by atoms with Crippen LogP contribution in [-0.4, -0.2) is 49.1 Å². The Morgan fingerprint density at radius 2 is 1.60 bits per heavy atom. The van der Waals surface area contributed by atoms with Gasteiger partial charge in [0.05, 0.1) is 12.8 Å². The summed E-state index contributed by atoms with van der Waals surface area (Å²) in [4.78, 5) is 32.1. The van der Waals surface area contributed by atoms with E-state index in [9.17, 15) is 9.59 Å². The first-order valence-electron chi connectivity index (χ1n) is 14.7. The number of methoxy groups -OCH3 is 1. The highest BCUT2D eigenvalue weighted by Crippen LogP contribution is 2.27. The second kappa shape index (κ2) is 16.8. The van der Waals surface area contributed by atoms with Gasteiger partial charge in [0.2, 0.25) is 6.17 Å². The lowest BCUT2D eigenvalue weighted by Gasteiger charge is -2.34. The van der Waals surface area contributed by atoms with E-state index in [-0.39, 0.29) is 6.61 Å². The summed E-state index contributed by atoms with van der Waals surface area (Å²) in [6.45, 7) is 6.18. The molecule has 1 saturated carbocycles. The van der Waals surface area contributed by atoms with E-state index in [4.69, 9.17) is 9.47 Å². The number of ether oxygens (including phenoxy) is 2. The van der Waals surface area contributed by atoms with Crippen molar-refractivity contribution in [2.24, 2.45) is 4.99 Å². The molecule has 3 aromatic rings.